The minimum Gasteiger partial charge on any atom is -0.452 e. The van der Waals surface area contributed by atoms with E-state index in [1.54, 1.807) is 29.6 Å². The van der Waals surface area contributed by atoms with Crippen LogP contribution in [-0.4, -0.2) is 30.8 Å². The zero-order valence-electron chi connectivity index (χ0n) is 16.1. The average molecular weight is 464 g/mol. The molecule has 3 aromatic rings. The molecule has 3 rings (SSSR count). The Morgan fingerprint density at radius 1 is 0.906 bits per heavy atom. The van der Waals surface area contributed by atoms with Gasteiger partial charge in [-0.2, -0.15) is 0 Å². The Morgan fingerprint density at radius 2 is 1.66 bits per heavy atom. The summed E-state index contributed by atoms with van der Waals surface area (Å²) in [7, 11) is 0. The number of anilines is 2. The maximum Gasteiger partial charge on any atom is 0.573 e. The van der Waals surface area contributed by atoms with Gasteiger partial charge in [-0.1, -0.05) is 12.1 Å². The first-order valence-electron chi connectivity index (χ1n) is 8.97. The fraction of sp³-hybridized carbons (Fsp3) is 0.0952. The lowest BCUT2D eigenvalue weighted by molar-refractivity contribution is -0.274. The second-order valence-corrected chi connectivity index (χ2v) is 7.16. The molecule has 0 saturated carbocycles. The van der Waals surface area contributed by atoms with Crippen LogP contribution >= 0.6 is 11.3 Å². The zero-order chi connectivity index (χ0) is 23.1. The van der Waals surface area contributed by atoms with Gasteiger partial charge in [-0.25, -0.2) is 4.79 Å². The smallest absolute Gasteiger partial charge is 0.452 e. The predicted molar refractivity (Wildman–Crippen MR) is 111 cm³/mol. The van der Waals surface area contributed by atoms with E-state index in [1.807, 2.05) is 0 Å². The van der Waals surface area contributed by atoms with Crippen LogP contribution in [0.4, 0.5) is 24.5 Å². The van der Waals surface area contributed by atoms with Crippen LogP contribution in [0.25, 0.3) is 0 Å². The number of nitrogens with one attached hydrogen (secondary N) is 2. The summed E-state index contributed by atoms with van der Waals surface area (Å²) in [6, 6.07) is 13.9. The highest BCUT2D eigenvalue weighted by molar-refractivity contribution is 7.12. The van der Waals surface area contributed by atoms with E-state index in [2.05, 4.69) is 15.4 Å². The second-order valence-electron chi connectivity index (χ2n) is 6.21. The molecule has 32 heavy (non-hydrogen) atoms. The van der Waals surface area contributed by atoms with Crippen LogP contribution in [0.15, 0.2) is 66.0 Å². The van der Waals surface area contributed by atoms with Crippen molar-refractivity contribution in [2.24, 2.45) is 0 Å². The van der Waals surface area contributed by atoms with Crippen molar-refractivity contribution in [1.29, 1.82) is 0 Å². The van der Waals surface area contributed by atoms with Crippen LogP contribution in [-0.2, 0) is 9.53 Å². The van der Waals surface area contributed by atoms with Gasteiger partial charge < -0.3 is 20.1 Å². The van der Waals surface area contributed by atoms with E-state index in [4.69, 9.17) is 4.74 Å². The summed E-state index contributed by atoms with van der Waals surface area (Å²) in [6.45, 7) is -0.620. The minimum absolute atomic E-state index is 0.121. The third kappa shape index (κ3) is 6.84. The van der Waals surface area contributed by atoms with Gasteiger partial charge in [0.1, 0.15) is 5.75 Å². The number of alkyl halides is 3. The number of rotatable bonds is 7. The number of halogens is 3. The van der Waals surface area contributed by atoms with Crippen LogP contribution < -0.4 is 15.4 Å². The third-order valence-electron chi connectivity index (χ3n) is 3.81. The lowest BCUT2D eigenvalue weighted by atomic mass is 10.2. The molecule has 166 valence electrons. The Balaban J connectivity index is 1.50. The van der Waals surface area contributed by atoms with Crippen molar-refractivity contribution in [2.75, 3.05) is 17.2 Å². The first-order valence-corrected chi connectivity index (χ1v) is 9.85. The molecule has 0 atom stereocenters. The van der Waals surface area contributed by atoms with Gasteiger partial charge in [0.05, 0.1) is 10.4 Å². The van der Waals surface area contributed by atoms with Crippen molar-refractivity contribution < 1.29 is 37.0 Å². The molecule has 1 heterocycles. The zero-order valence-corrected chi connectivity index (χ0v) is 17.0. The van der Waals surface area contributed by atoms with Crippen LogP contribution in [0, 0.1) is 0 Å². The highest BCUT2D eigenvalue weighted by Gasteiger charge is 2.31. The fourth-order valence-corrected chi connectivity index (χ4v) is 3.09. The predicted octanol–water partition coefficient (Wildman–Crippen LogP) is 4.69. The summed E-state index contributed by atoms with van der Waals surface area (Å²) in [5.41, 5.74) is 0.692. The molecule has 0 unspecified atom stereocenters. The van der Waals surface area contributed by atoms with Crippen molar-refractivity contribution in [3.05, 3.63) is 76.5 Å². The number of thiophene rings is 1. The summed E-state index contributed by atoms with van der Waals surface area (Å²) in [4.78, 5) is 36.8. The summed E-state index contributed by atoms with van der Waals surface area (Å²) < 4.78 is 45.2. The molecule has 11 heteroatoms. The second kappa shape index (κ2) is 9.96. The number of carbonyl (C=O) groups excluding carboxylic acids is 3. The highest BCUT2D eigenvalue weighted by Crippen LogP contribution is 2.24. The molecule has 0 aliphatic rings. The molecule has 7 nitrogen and oxygen atoms in total. The van der Waals surface area contributed by atoms with Crippen LogP contribution in [0.1, 0.15) is 20.0 Å². The summed E-state index contributed by atoms with van der Waals surface area (Å²) >= 11 is 1.27. The number of hydrogen-bond donors (Lipinski definition) is 2. The molecule has 0 aliphatic carbocycles. The summed E-state index contributed by atoms with van der Waals surface area (Å²) in [5.74, 6) is -2.24. The largest absolute Gasteiger partial charge is 0.573 e. The molecule has 0 fully saturated rings. The van der Waals surface area contributed by atoms with E-state index in [1.165, 1.54) is 35.6 Å². The minimum atomic E-state index is -4.82. The molecule has 0 aliphatic heterocycles. The van der Waals surface area contributed by atoms with Crippen molar-refractivity contribution in [3.8, 4) is 5.75 Å². The maximum absolute atomic E-state index is 12.2. The lowest BCUT2D eigenvalue weighted by Crippen LogP contribution is -2.21. The first kappa shape index (κ1) is 22.8. The van der Waals surface area contributed by atoms with Gasteiger partial charge >= 0.3 is 12.3 Å². The Labute approximate surface area is 183 Å². The van der Waals surface area contributed by atoms with Gasteiger partial charge in [-0.15, -0.1) is 24.5 Å². The van der Waals surface area contributed by atoms with Crippen molar-refractivity contribution in [1.82, 2.24) is 0 Å². The van der Waals surface area contributed by atoms with Gasteiger partial charge in [-0.05, 0) is 53.9 Å². The molecular weight excluding hydrogens is 449 g/mol. The molecule has 2 N–H and O–H groups in total. The lowest BCUT2D eigenvalue weighted by Gasteiger charge is -2.10. The third-order valence-corrected chi connectivity index (χ3v) is 4.68. The SMILES string of the molecule is O=C(COC(=O)c1cccc(NC(=O)c2cccs2)c1)Nc1ccc(OC(F)(F)F)cc1. The maximum atomic E-state index is 12.2. The van der Waals surface area contributed by atoms with E-state index in [9.17, 15) is 27.6 Å². The molecule has 0 spiro atoms. The number of ether oxygens (including phenoxy) is 2. The molecular formula is C21H15F3N2O5S. The summed E-state index contributed by atoms with van der Waals surface area (Å²) in [5, 5.41) is 6.80. The van der Waals surface area contributed by atoms with E-state index in [-0.39, 0.29) is 17.2 Å². The van der Waals surface area contributed by atoms with Gasteiger partial charge in [0.2, 0.25) is 0 Å². The Hall–Kier alpha value is -3.86. The van der Waals surface area contributed by atoms with Crippen LogP contribution in [0.5, 0.6) is 5.75 Å². The Kier molecular flexibility index (Phi) is 7.11. The molecule has 1 aromatic heterocycles. The number of amides is 2. The highest BCUT2D eigenvalue weighted by atomic mass is 32.1. The first-order chi connectivity index (χ1) is 15.2. The quantitative estimate of drug-likeness (QED) is 0.495. The average Bonchev–Trinajstić information content (AvgIpc) is 3.28. The van der Waals surface area contributed by atoms with E-state index in [0.717, 1.165) is 12.1 Å². The number of esters is 1. The molecule has 0 saturated heterocycles. The van der Waals surface area contributed by atoms with Crippen LogP contribution in [0.3, 0.4) is 0 Å². The topological polar surface area (TPSA) is 93.7 Å². The normalized spacial score (nSPS) is 10.8. The van der Waals surface area contributed by atoms with E-state index < -0.39 is 30.6 Å². The van der Waals surface area contributed by atoms with Gasteiger partial charge in [0, 0.05) is 11.4 Å². The van der Waals surface area contributed by atoms with Gasteiger partial charge in [0.25, 0.3) is 11.8 Å². The van der Waals surface area contributed by atoms with Crippen molar-refractivity contribution >= 4 is 40.5 Å². The van der Waals surface area contributed by atoms with E-state index >= 15 is 0 Å². The van der Waals surface area contributed by atoms with E-state index in [0.29, 0.717) is 10.6 Å². The van der Waals surface area contributed by atoms with Crippen molar-refractivity contribution in [3.63, 3.8) is 0 Å². The molecule has 0 radical (unpaired) electrons. The number of hydrogen-bond acceptors (Lipinski definition) is 6. The molecule has 0 bridgehead atoms. The summed E-state index contributed by atoms with van der Waals surface area (Å²) in [6.07, 6.45) is -4.82. The monoisotopic (exact) mass is 464 g/mol. The number of carbonyl (C=O) groups is 3. The molecule has 2 aromatic carbocycles. The van der Waals surface area contributed by atoms with Gasteiger partial charge in [0.15, 0.2) is 6.61 Å². The van der Waals surface area contributed by atoms with Crippen molar-refractivity contribution in [2.45, 2.75) is 6.36 Å². The Morgan fingerprint density at radius 3 is 2.31 bits per heavy atom. The fourth-order valence-electron chi connectivity index (χ4n) is 2.48. The van der Waals surface area contributed by atoms with Crippen LogP contribution in [0.2, 0.25) is 0 Å². The number of benzene rings is 2. The Bertz CT molecular complexity index is 1100. The molecule has 2 amide bonds. The standard InChI is InChI=1S/C21H15F3N2O5S/c22-21(23,24)31-16-8-6-14(7-9-16)25-18(27)12-30-20(29)13-3-1-4-15(11-13)26-19(28)17-5-2-10-32-17/h1-11H,12H2,(H,25,27)(H,26,28). The van der Waals surface area contributed by atoms with Gasteiger partial charge in [-0.3, -0.25) is 9.59 Å².